The summed E-state index contributed by atoms with van der Waals surface area (Å²) in [5.41, 5.74) is 5.78. The normalized spacial score (nSPS) is 17.5. The van der Waals surface area contributed by atoms with Gasteiger partial charge in [-0.2, -0.15) is 0 Å². The fourth-order valence-electron chi connectivity index (χ4n) is 5.55. The van der Waals surface area contributed by atoms with Gasteiger partial charge in [-0.3, -0.25) is 19.4 Å². The Balaban J connectivity index is 1.10. The van der Waals surface area contributed by atoms with E-state index in [1.54, 1.807) is 18.2 Å². The van der Waals surface area contributed by atoms with Crippen LogP contribution in [0.25, 0.3) is 10.9 Å². The SMILES string of the molecule is O=C1Cc2cc(C(=O)NC3CCN(C(=O)c4ccc5c(Cl)c6c(nc5c4)CCCC6)CC3)ccc2N1. The van der Waals surface area contributed by atoms with E-state index in [1.807, 2.05) is 23.1 Å². The molecule has 3 amide bonds. The summed E-state index contributed by atoms with van der Waals surface area (Å²) >= 11 is 6.69. The third-order valence-corrected chi connectivity index (χ3v) is 7.98. The van der Waals surface area contributed by atoms with Crippen molar-refractivity contribution >= 4 is 45.9 Å². The average Bonchev–Trinajstić information content (AvgIpc) is 3.28. The van der Waals surface area contributed by atoms with E-state index in [4.69, 9.17) is 16.6 Å². The molecule has 0 saturated carbocycles. The molecule has 0 atom stereocenters. The van der Waals surface area contributed by atoms with Crippen LogP contribution in [0.1, 0.15) is 63.2 Å². The van der Waals surface area contributed by atoms with Gasteiger partial charge in [-0.25, -0.2) is 0 Å². The summed E-state index contributed by atoms with van der Waals surface area (Å²) in [5.74, 6) is -0.222. The largest absolute Gasteiger partial charge is 0.349 e. The molecule has 1 saturated heterocycles. The third kappa shape index (κ3) is 4.22. The Kier molecular flexibility index (Phi) is 5.88. The number of hydrogen-bond acceptors (Lipinski definition) is 4. The Labute approximate surface area is 214 Å². The lowest BCUT2D eigenvalue weighted by Gasteiger charge is -2.32. The molecular weight excluding hydrogens is 476 g/mol. The number of nitrogens with one attached hydrogen (secondary N) is 2. The summed E-state index contributed by atoms with van der Waals surface area (Å²) in [5, 5.41) is 7.55. The standard InChI is InChI=1S/C28H27ClN4O3/c29-26-20-3-1-2-4-23(20)31-24-14-17(5-7-21(24)26)28(36)33-11-9-19(10-12-33)30-27(35)16-6-8-22-18(13-16)15-25(34)32-22/h5-8,13-14,19H,1-4,9-12,15H2,(H,30,35)(H,32,34). The van der Waals surface area contributed by atoms with Crippen LogP contribution >= 0.6 is 11.6 Å². The molecule has 1 aliphatic carbocycles. The number of hydrogen-bond donors (Lipinski definition) is 2. The fourth-order valence-corrected chi connectivity index (χ4v) is 5.91. The zero-order valence-electron chi connectivity index (χ0n) is 19.9. The Morgan fingerprint density at radius 3 is 2.64 bits per heavy atom. The van der Waals surface area contributed by atoms with Crippen LogP contribution in [0.3, 0.4) is 0 Å². The molecule has 2 aliphatic heterocycles. The van der Waals surface area contributed by atoms with E-state index in [1.165, 1.54) is 0 Å². The topological polar surface area (TPSA) is 91.4 Å². The molecular formula is C28H27ClN4O3. The van der Waals surface area contributed by atoms with E-state index in [-0.39, 0.29) is 23.8 Å². The highest BCUT2D eigenvalue weighted by atomic mass is 35.5. The number of amides is 3. The van der Waals surface area contributed by atoms with Gasteiger partial charge in [-0.1, -0.05) is 17.7 Å². The van der Waals surface area contributed by atoms with Crippen LogP contribution in [0.2, 0.25) is 5.02 Å². The van der Waals surface area contributed by atoms with Crippen molar-refractivity contribution in [1.29, 1.82) is 0 Å². The van der Waals surface area contributed by atoms with Gasteiger partial charge in [0.2, 0.25) is 5.91 Å². The lowest BCUT2D eigenvalue weighted by atomic mass is 9.94. The van der Waals surface area contributed by atoms with Gasteiger partial charge < -0.3 is 15.5 Å². The lowest BCUT2D eigenvalue weighted by Crippen LogP contribution is -2.46. The van der Waals surface area contributed by atoms with Gasteiger partial charge in [0.25, 0.3) is 11.8 Å². The predicted octanol–water partition coefficient (Wildman–Crippen LogP) is 4.30. The van der Waals surface area contributed by atoms with Gasteiger partial charge in [-0.05, 0) is 80.0 Å². The molecule has 0 bridgehead atoms. The van der Waals surface area contributed by atoms with Crippen molar-refractivity contribution in [1.82, 2.24) is 15.2 Å². The Hall–Kier alpha value is -3.45. The molecule has 8 heteroatoms. The highest BCUT2D eigenvalue weighted by Gasteiger charge is 2.26. The maximum absolute atomic E-state index is 13.2. The molecule has 36 heavy (non-hydrogen) atoms. The number of likely N-dealkylation sites (tertiary alicyclic amines) is 1. The number of benzene rings is 2. The zero-order valence-corrected chi connectivity index (χ0v) is 20.7. The molecule has 6 rings (SSSR count). The Bertz CT molecular complexity index is 1410. The number of carbonyl (C=O) groups is 3. The van der Waals surface area contributed by atoms with Crippen LogP contribution in [-0.2, 0) is 24.1 Å². The number of rotatable bonds is 3. The minimum atomic E-state index is -0.150. The van der Waals surface area contributed by atoms with Gasteiger partial charge in [-0.15, -0.1) is 0 Å². The van der Waals surface area contributed by atoms with Crippen molar-refractivity contribution in [3.8, 4) is 0 Å². The molecule has 7 nitrogen and oxygen atoms in total. The Morgan fingerprint density at radius 2 is 1.81 bits per heavy atom. The quantitative estimate of drug-likeness (QED) is 0.558. The first-order valence-corrected chi connectivity index (χ1v) is 13.0. The van der Waals surface area contributed by atoms with Crippen LogP contribution < -0.4 is 10.6 Å². The maximum Gasteiger partial charge on any atom is 0.253 e. The van der Waals surface area contributed by atoms with Crippen LogP contribution in [0.5, 0.6) is 0 Å². The van der Waals surface area contributed by atoms with Crippen molar-refractivity contribution in [2.24, 2.45) is 0 Å². The van der Waals surface area contributed by atoms with Crippen molar-refractivity contribution in [3.63, 3.8) is 0 Å². The van der Waals surface area contributed by atoms with Crippen molar-refractivity contribution in [2.75, 3.05) is 18.4 Å². The van der Waals surface area contributed by atoms with Crippen molar-refractivity contribution in [2.45, 2.75) is 51.0 Å². The molecule has 0 spiro atoms. The first kappa shape index (κ1) is 23.0. The van der Waals surface area contributed by atoms with E-state index in [2.05, 4.69) is 10.6 Å². The fraction of sp³-hybridized carbons (Fsp3) is 0.357. The average molecular weight is 503 g/mol. The van der Waals surface area contributed by atoms with E-state index in [0.717, 1.165) is 64.1 Å². The number of nitrogens with zero attached hydrogens (tertiary/aromatic N) is 2. The number of piperidine rings is 1. The molecule has 0 unspecified atom stereocenters. The van der Waals surface area contributed by atoms with E-state index >= 15 is 0 Å². The predicted molar refractivity (Wildman–Crippen MR) is 139 cm³/mol. The van der Waals surface area contributed by atoms with Crippen molar-refractivity contribution < 1.29 is 14.4 Å². The van der Waals surface area contributed by atoms with Crippen LogP contribution in [0, 0.1) is 0 Å². The van der Waals surface area contributed by atoms with Gasteiger partial charge in [0, 0.05) is 47.0 Å². The monoisotopic (exact) mass is 502 g/mol. The second-order valence-electron chi connectivity index (χ2n) is 9.93. The third-order valence-electron chi connectivity index (χ3n) is 7.55. The van der Waals surface area contributed by atoms with Gasteiger partial charge >= 0.3 is 0 Å². The number of pyridine rings is 1. The highest BCUT2D eigenvalue weighted by molar-refractivity contribution is 6.36. The minimum Gasteiger partial charge on any atom is -0.349 e. The summed E-state index contributed by atoms with van der Waals surface area (Å²) in [7, 11) is 0. The van der Waals surface area contributed by atoms with Crippen LogP contribution in [-0.4, -0.2) is 46.7 Å². The Morgan fingerprint density at radius 1 is 1.03 bits per heavy atom. The summed E-state index contributed by atoms with van der Waals surface area (Å²) in [6, 6.07) is 10.9. The van der Waals surface area contributed by atoms with Crippen molar-refractivity contribution in [3.05, 3.63) is 69.4 Å². The van der Waals surface area contributed by atoms with E-state index < -0.39 is 0 Å². The summed E-state index contributed by atoms with van der Waals surface area (Å²) in [6.45, 7) is 1.14. The van der Waals surface area contributed by atoms with E-state index in [9.17, 15) is 14.4 Å². The molecule has 184 valence electrons. The number of halogens is 1. The molecule has 2 N–H and O–H groups in total. The molecule has 2 aromatic carbocycles. The smallest absolute Gasteiger partial charge is 0.253 e. The maximum atomic E-state index is 13.2. The molecule has 1 fully saturated rings. The summed E-state index contributed by atoms with van der Waals surface area (Å²) in [6.07, 6.45) is 5.83. The van der Waals surface area contributed by atoms with Gasteiger partial charge in [0.15, 0.2) is 0 Å². The summed E-state index contributed by atoms with van der Waals surface area (Å²) in [4.78, 5) is 44.3. The first-order chi connectivity index (χ1) is 17.5. The molecule has 3 aromatic rings. The second kappa shape index (κ2) is 9.21. The second-order valence-corrected chi connectivity index (χ2v) is 10.3. The minimum absolute atomic E-state index is 0.00170. The number of aromatic nitrogens is 1. The first-order valence-electron chi connectivity index (χ1n) is 12.6. The number of aryl methyl sites for hydroxylation is 1. The number of carbonyl (C=O) groups excluding carboxylic acids is 3. The molecule has 1 aromatic heterocycles. The molecule has 3 heterocycles. The molecule has 0 radical (unpaired) electrons. The van der Waals surface area contributed by atoms with Crippen LogP contribution in [0.4, 0.5) is 5.69 Å². The van der Waals surface area contributed by atoms with Crippen LogP contribution in [0.15, 0.2) is 36.4 Å². The van der Waals surface area contributed by atoms with Gasteiger partial charge in [0.05, 0.1) is 17.0 Å². The van der Waals surface area contributed by atoms with E-state index in [0.29, 0.717) is 43.5 Å². The number of anilines is 1. The zero-order chi connectivity index (χ0) is 24.8. The lowest BCUT2D eigenvalue weighted by molar-refractivity contribution is -0.115. The number of fused-ring (bicyclic) bond motifs is 3. The van der Waals surface area contributed by atoms with Gasteiger partial charge in [0.1, 0.15) is 0 Å². The summed E-state index contributed by atoms with van der Waals surface area (Å²) < 4.78 is 0. The molecule has 3 aliphatic rings. The highest BCUT2D eigenvalue weighted by Crippen LogP contribution is 2.33.